The molecule has 36 heavy (non-hydrogen) atoms. The summed E-state index contributed by atoms with van der Waals surface area (Å²) in [5, 5.41) is 11.7. The van der Waals surface area contributed by atoms with E-state index in [0.717, 1.165) is 85.5 Å². The minimum absolute atomic E-state index is 0.0565. The minimum Gasteiger partial charge on any atom is -0.343 e. The summed E-state index contributed by atoms with van der Waals surface area (Å²) in [7, 11) is 0. The van der Waals surface area contributed by atoms with Crippen molar-refractivity contribution >= 4 is 39.3 Å². The molecule has 1 aromatic carbocycles. The third kappa shape index (κ3) is 5.28. The van der Waals surface area contributed by atoms with Gasteiger partial charge in [-0.15, -0.1) is 0 Å². The molecular weight excluding hydrogens is 542 g/mol. The quantitative estimate of drug-likeness (QED) is 0.425. The number of nitrogens with zero attached hydrogens (tertiary/aromatic N) is 3. The molecule has 8 heteroatoms. The predicted octanol–water partition coefficient (Wildman–Crippen LogP) is 4.75. The Labute approximate surface area is 226 Å². The van der Waals surface area contributed by atoms with Gasteiger partial charge in [0.2, 0.25) is 23.7 Å². The third-order valence-electron chi connectivity index (χ3n) is 8.42. The van der Waals surface area contributed by atoms with Gasteiger partial charge in [0, 0.05) is 54.8 Å². The number of benzene rings is 1. The molecule has 0 saturated carbocycles. The first-order valence-corrected chi connectivity index (χ1v) is 14.2. The Morgan fingerprint density at radius 3 is 2.39 bits per heavy atom. The summed E-state index contributed by atoms with van der Waals surface area (Å²) in [6.07, 6.45) is 7.65. The molecule has 2 amide bonds. The van der Waals surface area contributed by atoms with Crippen LogP contribution in [0.5, 0.6) is 0 Å². The van der Waals surface area contributed by atoms with Crippen molar-refractivity contribution in [2.45, 2.75) is 57.8 Å². The van der Waals surface area contributed by atoms with Crippen LogP contribution in [-0.4, -0.2) is 53.0 Å². The van der Waals surface area contributed by atoms with E-state index >= 15 is 0 Å². The minimum atomic E-state index is 0.0565. The van der Waals surface area contributed by atoms with Crippen LogP contribution in [0.2, 0.25) is 5.02 Å². The Bertz CT molecular complexity index is 1160. The van der Waals surface area contributed by atoms with Crippen LogP contribution in [0.1, 0.15) is 67.3 Å². The molecule has 3 heterocycles. The number of hydrogen-bond acceptors (Lipinski definition) is 3. The maximum absolute atomic E-state index is 13.1. The van der Waals surface area contributed by atoms with Crippen molar-refractivity contribution in [1.82, 2.24) is 9.80 Å². The summed E-state index contributed by atoms with van der Waals surface area (Å²) < 4.78 is 2.17. The Morgan fingerprint density at radius 1 is 1.03 bits per heavy atom. The number of rotatable bonds is 3. The van der Waals surface area contributed by atoms with Crippen LogP contribution in [0.25, 0.3) is 0 Å². The lowest BCUT2D eigenvalue weighted by Gasteiger charge is -2.37. The molecule has 5 rings (SSSR count). The van der Waals surface area contributed by atoms with Crippen molar-refractivity contribution in [3.8, 4) is 0 Å². The summed E-state index contributed by atoms with van der Waals surface area (Å²) >= 11 is 9.90. The molecule has 0 unspecified atom stereocenters. The van der Waals surface area contributed by atoms with E-state index in [1.165, 1.54) is 15.9 Å². The van der Waals surface area contributed by atoms with E-state index in [1.54, 1.807) is 13.1 Å². The molecule has 0 radical (unpaired) electrons. The molecule has 1 atom stereocenters. The first-order chi connectivity index (χ1) is 17.3. The van der Waals surface area contributed by atoms with E-state index in [-0.39, 0.29) is 17.7 Å². The number of pyridine rings is 1. The molecule has 0 bridgehead atoms. The monoisotopic (exact) mass is 574 g/mol. The number of aromatic nitrogens is 1. The van der Waals surface area contributed by atoms with Gasteiger partial charge in [0.15, 0.2) is 0 Å². The van der Waals surface area contributed by atoms with Gasteiger partial charge < -0.3 is 9.80 Å². The van der Waals surface area contributed by atoms with E-state index < -0.39 is 0 Å². The molecule has 2 aromatic rings. The van der Waals surface area contributed by atoms with Gasteiger partial charge in [0.1, 0.15) is 0 Å². The second-order valence-corrected chi connectivity index (χ2v) is 12.0. The Morgan fingerprint density at radius 2 is 1.69 bits per heavy atom. The number of fused-ring (bicyclic) bond motifs is 2. The number of carbonyl (C=O) groups excluding carboxylic acids is 2. The van der Waals surface area contributed by atoms with E-state index in [0.29, 0.717) is 18.3 Å². The largest absolute Gasteiger partial charge is 0.343 e. The number of halogens is 2. The van der Waals surface area contributed by atoms with Gasteiger partial charge in [-0.2, -0.15) is 0 Å². The summed E-state index contributed by atoms with van der Waals surface area (Å²) in [4.78, 5) is 28.6. The van der Waals surface area contributed by atoms with Gasteiger partial charge in [0.25, 0.3) is 0 Å². The summed E-state index contributed by atoms with van der Waals surface area (Å²) in [6, 6.07) is 8.28. The highest BCUT2D eigenvalue weighted by Crippen LogP contribution is 2.42. The second-order valence-electron chi connectivity index (χ2n) is 10.6. The molecule has 1 aromatic heterocycles. The lowest BCUT2D eigenvalue weighted by Crippen LogP contribution is -2.44. The molecule has 2 aliphatic heterocycles. The maximum atomic E-state index is 13.1. The molecule has 6 nitrogen and oxygen atoms in total. The zero-order chi connectivity index (χ0) is 25.4. The average Bonchev–Trinajstić information content (AvgIpc) is 3.01. The van der Waals surface area contributed by atoms with Gasteiger partial charge in [-0.05, 0) is 95.6 Å². The van der Waals surface area contributed by atoms with E-state index in [9.17, 15) is 14.8 Å². The molecule has 1 N–H and O–H groups in total. The molecule has 192 valence electrons. The SMILES string of the molecule is CC(=O)N1CCC(CC(=O)N2CCC([C@@H]3c4ccc(Cl)cc4CCc4cc(Br)c[n+](O)c43)CC2)CC1. The van der Waals surface area contributed by atoms with Crippen molar-refractivity contribution in [1.29, 1.82) is 0 Å². The zero-order valence-electron chi connectivity index (χ0n) is 20.8. The highest BCUT2D eigenvalue weighted by atomic mass is 79.9. The van der Waals surface area contributed by atoms with Gasteiger partial charge in [-0.1, -0.05) is 17.7 Å². The number of hydrogen-bond donors (Lipinski definition) is 1. The average molecular weight is 576 g/mol. The van der Waals surface area contributed by atoms with Crippen LogP contribution in [0, 0.1) is 11.8 Å². The Kier molecular flexibility index (Phi) is 7.59. The van der Waals surface area contributed by atoms with Gasteiger partial charge in [-0.3, -0.25) is 14.8 Å². The topological polar surface area (TPSA) is 64.7 Å². The smallest absolute Gasteiger partial charge is 0.245 e. The lowest BCUT2D eigenvalue weighted by molar-refractivity contribution is -0.911. The van der Waals surface area contributed by atoms with Gasteiger partial charge in [-0.25, -0.2) is 0 Å². The Hall–Kier alpha value is -2.12. The summed E-state index contributed by atoms with van der Waals surface area (Å²) in [5.41, 5.74) is 4.60. The fraction of sp³-hybridized carbons (Fsp3) is 0.536. The number of likely N-dealkylation sites (tertiary alicyclic amines) is 2. The maximum Gasteiger partial charge on any atom is 0.245 e. The normalized spacial score (nSPS) is 21.0. The van der Waals surface area contributed by atoms with Gasteiger partial charge >= 0.3 is 0 Å². The van der Waals surface area contributed by atoms with Gasteiger partial charge in [0.05, 0.1) is 10.4 Å². The standard InChI is InChI=1S/C28H34BrClN3O3/c1-18(34)31-10-6-19(7-11-31)14-26(35)32-12-8-20(9-13-32)27-25-5-4-24(30)16-21(25)2-3-22-15-23(29)17-33(36)28(22)27/h4-5,15-17,19-20,27,36H,2-3,6-14H2,1H3/q+1/t27-/m1/s1. The predicted molar refractivity (Wildman–Crippen MR) is 141 cm³/mol. The highest BCUT2D eigenvalue weighted by Gasteiger charge is 2.40. The Balaban J connectivity index is 1.31. The number of amides is 2. The molecule has 3 aliphatic rings. The van der Waals surface area contributed by atoms with Crippen molar-refractivity contribution in [3.63, 3.8) is 0 Å². The number of aryl methyl sites for hydroxylation is 2. The number of carbonyl (C=O) groups is 2. The molecule has 2 fully saturated rings. The zero-order valence-corrected chi connectivity index (χ0v) is 23.1. The third-order valence-corrected chi connectivity index (χ3v) is 9.09. The first-order valence-electron chi connectivity index (χ1n) is 13.0. The van der Waals surface area contributed by atoms with Crippen molar-refractivity contribution in [2.75, 3.05) is 26.2 Å². The van der Waals surface area contributed by atoms with E-state index in [4.69, 9.17) is 11.6 Å². The first kappa shape index (κ1) is 25.5. The van der Waals surface area contributed by atoms with E-state index in [2.05, 4.69) is 34.1 Å². The van der Waals surface area contributed by atoms with Crippen molar-refractivity contribution < 1.29 is 19.5 Å². The van der Waals surface area contributed by atoms with Crippen LogP contribution < -0.4 is 4.73 Å². The molecular formula is C28H34BrClN3O3+. The van der Waals surface area contributed by atoms with Crippen LogP contribution in [0.3, 0.4) is 0 Å². The molecule has 1 aliphatic carbocycles. The van der Waals surface area contributed by atoms with Crippen LogP contribution in [0.15, 0.2) is 34.9 Å². The van der Waals surface area contributed by atoms with Crippen molar-refractivity contribution in [3.05, 3.63) is 62.3 Å². The summed E-state index contributed by atoms with van der Waals surface area (Å²) in [6.45, 7) is 4.62. The summed E-state index contributed by atoms with van der Waals surface area (Å²) in [5.74, 6) is 1.11. The second kappa shape index (κ2) is 10.7. The molecule has 2 saturated heterocycles. The van der Waals surface area contributed by atoms with Crippen molar-refractivity contribution in [2.24, 2.45) is 11.8 Å². The lowest BCUT2D eigenvalue weighted by atomic mass is 9.76. The number of piperidine rings is 2. The fourth-order valence-electron chi connectivity index (χ4n) is 6.45. The molecule has 0 spiro atoms. The van der Waals surface area contributed by atoms with Crippen LogP contribution >= 0.6 is 27.5 Å². The van der Waals surface area contributed by atoms with E-state index in [1.807, 2.05) is 15.9 Å². The highest BCUT2D eigenvalue weighted by molar-refractivity contribution is 9.10. The fourth-order valence-corrected chi connectivity index (χ4v) is 7.12. The van der Waals surface area contributed by atoms with Crippen LogP contribution in [0.4, 0.5) is 0 Å². The van der Waals surface area contributed by atoms with Crippen LogP contribution in [-0.2, 0) is 22.4 Å².